The van der Waals surface area contributed by atoms with Crippen molar-refractivity contribution in [1.29, 1.82) is 0 Å². The zero-order valence-electron chi connectivity index (χ0n) is 21.9. The van der Waals surface area contributed by atoms with Gasteiger partial charge >= 0.3 is 0 Å². The molecule has 3 aliphatic rings. The van der Waals surface area contributed by atoms with Crippen LogP contribution in [0.2, 0.25) is 0 Å². The SMILES string of the molecule is CC[C@]12CCC3(O1)C(C(=O)Nc1ccc4ccccc4c1)N(CCO)C(=O)[C@@H]3[C@H]2C(=O)NCc1ccccc1. The van der Waals surface area contributed by atoms with Gasteiger partial charge in [-0.25, -0.2) is 0 Å². The maximum absolute atomic E-state index is 13.9. The van der Waals surface area contributed by atoms with E-state index in [1.807, 2.05) is 79.7 Å². The second kappa shape index (κ2) is 9.77. The number of hydrogen-bond donors (Lipinski definition) is 3. The van der Waals surface area contributed by atoms with Crippen molar-refractivity contribution < 1.29 is 24.2 Å². The number of hydrogen-bond acceptors (Lipinski definition) is 5. The molecule has 1 spiro atoms. The van der Waals surface area contributed by atoms with Crippen LogP contribution in [0.15, 0.2) is 72.8 Å². The van der Waals surface area contributed by atoms with E-state index in [0.29, 0.717) is 31.5 Å². The fraction of sp³-hybridized carbons (Fsp3) is 0.387. The summed E-state index contributed by atoms with van der Waals surface area (Å²) in [5, 5.41) is 17.9. The van der Waals surface area contributed by atoms with Crippen molar-refractivity contribution in [2.75, 3.05) is 18.5 Å². The number of fused-ring (bicyclic) bond motifs is 2. The first-order chi connectivity index (χ1) is 18.9. The first-order valence-corrected chi connectivity index (χ1v) is 13.7. The van der Waals surface area contributed by atoms with Crippen LogP contribution in [-0.2, 0) is 25.7 Å². The lowest BCUT2D eigenvalue weighted by Gasteiger charge is -2.34. The highest BCUT2D eigenvalue weighted by molar-refractivity contribution is 6.04. The van der Waals surface area contributed by atoms with Crippen molar-refractivity contribution in [2.24, 2.45) is 11.8 Å². The molecular weight excluding hydrogens is 494 g/mol. The Balaban J connectivity index is 1.32. The summed E-state index contributed by atoms with van der Waals surface area (Å²) in [6.45, 7) is 2.01. The zero-order valence-corrected chi connectivity index (χ0v) is 21.9. The molecular formula is C31H33N3O5. The average molecular weight is 528 g/mol. The maximum Gasteiger partial charge on any atom is 0.250 e. The number of amides is 3. The van der Waals surface area contributed by atoms with Gasteiger partial charge in [0.1, 0.15) is 11.6 Å². The highest BCUT2D eigenvalue weighted by Gasteiger charge is 2.78. The molecule has 0 aliphatic carbocycles. The number of β-amino-alcohol motifs (C(OH)–C–C–N with tert-alkyl or cyclic N) is 1. The molecule has 3 fully saturated rings. The first-order valence-electron chi connectivity index (χ1n) is 13.7. The van der Waals surface area contributed by atoms with Gasteiger partial charge in [-0.05, 0) is 47.7 Å². The third kappa shape index (κ3) is 4.01. The molecule has 0 radical (unpaired) electrons. The number of carbonyl (C=O) groups is 3. The Morgan fingerprint density at radius 2 is 1.74 bits per heavy atom. The molecule has 3 N–H and O–H groups in total. The Morgan fingerprint density at radius 1 is 1.00 bits per heavy atom. The van der Waals surface area contributed by atoms with Gasteiger partial charge in [0.15, 0.2) is 0 Å². The predicted molar refractivity (Wildman–Crippen MR) is 147 cm³/mol. The van der Waals surface area contributed by atoms with Gasteiger partial charge in [0.25, 0.3) is 0 Å². The quantitative estimate of drug-likeness (QED) is 0.417. The van der Waals surface area contributed by atoms with E-state index >= 15 is 0 Å². The zero-order chi connectivity index (χ0) is 27.2. The second-order valence-corrected chi connectivity index (χ2v) is 10.8. The van der Waals surface area contributed by atoms with Crippen molar-refractivity contribution in [2.45, 2.75) is 50.0 Å². The van der Waals surface area contributed by atoms with Crippen LogP contribution in [0.4, 0.5) is 5.69 Å². The molecule has 0 aromatic heterocycles. The molecule has 39 heavy (non-hydrogen) atoms. The summed E-state index contributed by atoms with van der Waals surface area (Å²) in [4.78, 5) is 43.0. The molecule has 3 aromatic rings. The highest BCUT2D eigenvalue weighted by Crippen LogP contribution is 2.64. The largest absolute Gasteiger partial charge is 0.395 e. The first kappa shape index (κ1) is 25.5. The molecule has 3 aromatic carbocycles. The van der Waals surface area contributed by atoms with Gasteiger partial charge in [-0.3, -0.25) is 14.4 Å². The molecule has 8 heteroatoms. The van der Waals surface area contributed by atoms with E-state index in [1.165, 1.54) is 4.90 Å². The van der Waals surface area contributed by atoms with E-state index < -0.39 is 29.1 Å². The number of nitrogens with one attached hydrogen (secondary N) is 2. The number of ether oxygens (including phenoxy) is 1. The Morgan fingerprint density at radius 3 is 2.49 bits per heavy atom. The van der Waals surface area contributed by atoms with Crippen molar-refractivity contribution >= 4 is 34.2 Å². The van der Waals surface area contributed by atoms with Gasteiger partial charge in [-0.1, -0.05) is 67.6 Å². The Hall–Kier alpha value is -3.75. The van der Waals surface area contributed by atoms with Crippen LogP contribution in [0, 0.1) is 11.8 Å². The van der Waals surface area contributed by atoms with Crippen molar-refractivity contribution in [3.05, 3.63) is 78.4 Å². The third-order valence-corrected chi connectivity index (χ3v) is 8.88. The van der Waals surface area contributed by atoms with E-state index in [4.69, 9.17) is 4.74 Å². The van der Waals surface area contributed by atoms with Crippen LogP contribution in [0.1, 0.15) is 31.7 Å². The number of carbonyl (C=O) groups excluding carboxylic acids is 3. The Kier molecular flexibility index (Phi) is 6.40. The fourth-order valence-corrected chi connectivity index (χ4v) is 7.14. The van der Waals surface area contributed by atoms with Gasteiger partial charge in [0.2, 0.25) is 17.7 Å². The minimum Gasteiger partial charge on any atom is -0.395 e. The second-order valence-electron chi connectivity index (χ2n) is 10.8. The predicted octanol–water partition coefficient (Wildman–Crippen LogP) is 3.24. The number of likely N-dealkylation sites (tertiary alicyclic amines) is 1. The third-order valence-electron chi connectivity index (χ3n) is 8.88. The summed E-state index contributed by atoms with van der Waals surface area (Å²) in [5.74, 6) is -2.42. The Labute approximate surface area is 227 Å². The summed E-state index contributed by atoms with van der Waals surface area (Å²) in [7, 11) is 0. The minimum absolute atomic E-state index is 0.00622. The number of anilines is 1. The van der Waals surface area contributed by atoms with Crippen molar-refractivity contribution in [3.63, 3.8) is 0 Å². The summed E-state index contributed by atoms with van der Waals surface area (Å²) in [6, 6.07) is 22.2. The number of rotatable bonds is 8. The minimum atomic E-state index is -1.13. The molecule has 8 nitrogen and oxygen atoms in total. The van der Waals surface area contributed by atoms with Gasteiger partial charge in [0.05, 0.1) is 24.0 Å². The van der Waals surface area contributed by atoms with E-state index in [0.717, 1.165) is 16.3 Å². The van der Waals surface area contributed by atoms with Crippen LogP contribution >= 0.6 is 0 Å². The normalized spacial score (nSPS) is 29.0. The van der Waals surface area contributed by atoms with E-state index in [-0.39, 0.29) is 30.9 Å². The molecule has 0 saturated carbocycles. The van der Waals surface area contributed by atoms with Crippen LogP contribution < -0.4 is 10.6 Å². The Bertz CT molecular complexity index is 1430. The monoisotopic (exact) mass is 527 g/mol. The van der Waals surface area contributed by atoms with Crippen LogP contribution in [-0.4, -0.2) is 58.1 Å². The number of nitrogens with zero attached hydrogens (tertiary/aromatic N) is 1. The highest BCUT2D eigenvalue weighted by atomic mass is 16.5. The maximum atomic E-state index is 13.9. The molecule has 202 valence electrons. The van der Waals surface area contributed by atoms with Gasteiger partial charge < -0.3 is 25.4 Å². The molecule has 6 rings (SSSR count). The van der Waals surface area contributed by atoms with Crippen LogP contribution in [0.3, 0.4) is 0 Å². The van der Waals surface area contributed by atoms with Crippen molar-refractivity contribution in [1.82, 2.24) is 10.2 Å². The summed E-state index contributed by atoms with van der Waals surface area (Å²) >= 11 is 0. The molecule has 3 amide bonds. The fourth-order valence-electron chi connectivity index (χ4n) is 7.14. The number of benzene rings is 3. The van der Waals surface area contributed by atoms with Crippen LogP contribution in [0.5, 0.6) is 0 Å². The van der Waals surface area contributed by atoms with E-state index in [9.17, 15) is 19.5 Å². The molecule has 5 atom stereocenters. The summed E-state index contributed by atoms with van der Waals surface area (Å²) in [6.07, 6.45) is 1.64. The molecule has 3 heterocycles. The van der Waals surface area contributed by atoms with Gasteiger partial charge in [-0.15, -0.1) is 0 Å². The average Bonchev–Trinajstić information content (AvgIpc) is 3.56. The topological polar surface area (TPSA) is 108 Å². The lowest BCUT2D eigenvalue weighted by atomic mass is 9.65. The van der Waals surface area contributed by atoms with Gasteiger partial charge in [-0.2, -0.15) is 0 Å². The van der Waals surface area contributed by atoms with Crippen LogP contribution in [0.25, 0.3) is 10.8 Å². The standard InChI is InChI=1S/C31H33N3O5/c1-2-30-14-15-31(39-30)25(24(30)27(36)32-19-20-8-4-3-5-9-20)29(38)34(16-17-35)26(31)28(37)33-23-13-12-21-10-6-7-11-22(21)18-23/h3-13,18,24-26,35H,2,14-17,19H2,1H3,(H,32,36)(H,33,37)/t24-,25-,26?,30+,31?/m0/s1. The summed E-state index contributed by atoms with van der Waals surface area (Å²) in [5.41, 5.74) is -0.362. The van der Waals surface area contributed by atoms with Crippen molar-refractivity contribution in [3.8, 4) is 0 Å². The molecule has 2 unspecified atom stereocenters. The lowest BCUT2D eigenvalue weighted by Crippen LogP contribution is -2.53. The molecule has 2 bridgehead atoms. The number of aliphatic hydroxyl groups is 1. The van der Waals surface area contributed by atoms with E-state index in [2.05, 4.69) is 10.6 Å². The molecule has 3 aliphatic heterocycles. The summed E-state index contributed by atoms with van der Waals surface area (Å²) < 4.78 is 6.73. The smallest absolute Gasteiger partial charge is 0.250 e. The molecule has 3 saturated heterocycles. The van der Waals surface area contributed by atoms with Gasteiger partial charge in [0, 0.05) is 18.8 Å². The van der Waals surface area contributed by atoms with E-state index in [1.54, 1.807) is 0 Å². The lowest BCUT2D eigenvalue weighted by molar-refractivity contribution is -0.146. The number of aliphatic hydroxyl groups excluding tert-OH is 1.